The summed E-state index contributed by atoms with van der Waals surface area (Å²) in [5, 5.41) is 13.4. The molecule has 4 bridgehead atoms. The van der Waals surface area contributed by atoms with Gasteiger partial charge in [-0.1, -0.05) is 12.1 Å². The lowest BCUT2D eigenvalue weighted by Crippen LogP contribution is -2.46. The van der Waals surface area contributed by atoms with Crippen molar-refractivity contribution in [3.8, 4) is 11.5 Å². The van der Waals surface area contributed by atoms with E-state index in [0.29, 0.717) is 48.5 Å². The third kappa shape index (κ3) is 6.35. The van der Waals surface area contributed by atoms with Crippen LogP contribution in [0.4, 0.5) is 0 Å². The summed E-state index contributed by atoms with van der Waals surface area (Å²) in [5.41, 5.74) is 1.96. The van der Waals surface area contributed by atoms with Crippen molar-refractivity contribution in [3.63, 3.8) is 0 Å². The van der Waals surface area contributed by atoms with Gasteiger partial charge in [0.1, 0.15) is 17.6 Å². The summed E-state index contributed by atoms with van der Waals surface area (Å²) in [7, 11) is 0. The maximum absolute atomic E-state index is 12.5. The Labute approximate surface area is 219 Å². The molecule has 2 aromatic carbocycles. The van der Waals surface area contributed by atoms with E-state index in [1.54, 1.807) is 31.2 Å². The van der Waals surface area contributed by atoms with E-state index >= 15 is 0 Å². The van der Waals surface area contributed by atoms with Crippen molar-refractivity contribution in [1.29, 1.82) is 0 Å². The Morgan fingerprint density at radius 2 is 1.51 bits per heavy atom. The topological polar surface area (TPSA) is 84.9 Å². The molecule has 0 heterocycles. The Morgan fingerprint density at radius 3 is 2.08 bits per heavy atom. The van der Waals surface area contributed by atoms with E-state index in [9.17, 15) is 14.7 Å². The second-order valence-corrected chi connectivity index (χ2v) is 11.5. The minimum atomic E-state index is -0.918. The quantitative estimate of drug-likeness (QED) is 0.384. The van der Waals surface area contributed by atoms with Gasteiger partial charge in [-0.15, -0.1) is 0 Å². The number of rotatable bonds is 11. The lowest BCUT2D eigenvalue weighted by Gasteiger charge is -2.57. The second-order valence-electron chi connectivity index (χ2n) is 11.5. The van der Waals surface area contributed by atoms with E-state index in [1.165, 1.54) is 38.5 Å². The van der Waals surface area contributed by atoms with Gasteiger partial charge in [-0.05, 0) is 130 Å². The minimum Gasteiger partial charge on any atom is -0.462 e. The third-order valence-corrected chi connectivity index (χ3v) is 8.65. The first-order valence-corrected chi connectivity index (χ1v) is 13.9. The molecule has 1 unspecified atom stereocenters. The zero-order valence-corrected chi connectivity index (χ0v) is 21.8. The van der Waals surface area contributed by atoms with Gasteiger partial charge in [-0.3, -0.25) is 4.79 Å². The summed E-state index contributed by atoms with van der Waals surface area (Å²) in [5.74, 6) is 3.41. The zero-order valence-electron chi connectivity index (χ0n) is 21.8. The van der Waals surface area contributed by atoms with Crippen molar-refractivity contribution < 1.29 is 24.2 Å². The average Bonchev–Trinajstić information content (AvgIpc) is 2.88. The van der Waals surface area contributed by atoms with E-state index in [-0.39, 0.29) is 11.9 Å². The van der Waals surface area contributed by atoms with Gasteiger partial charge < -0.3 is 19.9 Å². The first-order chi connectivity index (χ1) is 17.9. The number of carbonyl (C=O) groups is 2. The van der Waals surface area contributed by atoms with Crippen LogP contribution in [0.15, 0.2) is 48.5 Å². The molecule has 6 heteroatoms. The van der Waals surface area contributed by atoms with Gasteiger partial charge in [0.15, 0.2) is 0 Å². The maximum atomic E-state index is 12.5. The molecule has 198 valence electrons. The Kier molecular flexibility index (Phi) is 7.84. The molecule has 0 saturated heterocycles. The standard InChI is InChI=1S/C31H39NO5/c1-2-36-30(35)25-5-9-27(10-6-25)37-26-7-3-21(4-8-26)12-14-32-29(34)28(33)11-13-31-18-22-15-23(19-31)17-24(16-22)20-31/h3-10,22-24,28,33H,2,11-20H2,1H3,(H,32,34). The van der Waals surface area contributed by atoms with Gasteiger partial charge in [0.05, 0.1) is 12.2 Å². The fourth-order valence-corrected chi connectivity index (χ4v) is 7.35. The maximum Gasteiger partial charge on any atom is 0.338 e. The number of ether oxygens (including phenoxy) is 2. The van der Waals surface area contributed by atoms with E-state index in [1.807, 2.05) is 24.3 Å². The van der Waals surface area contributed by atoms with Crippen LogP contribution in [0.1, 0.15) is 74.2 Å². The highest BCUT2D eigenvalue weighted by atomic mass is 16.5. The van der Waals surface area contributed by atoms with Crippen LogP contribution in [0.2, 0.25) is 0 Å². The molecule has 4 aliphatic rings. The number of hydrogen-bond acceptors (Lipinski definition) is 5. The Hall–Kier alpha value is -2.86. The number of aliphatic hydroxyl groups is 1. The molecular weight excluding hydrogens is 466 g/mol. The predicted molar refractivity (Wildman–Crippen MR) is 141 cm³/mol. The Bertz CT molecular complexity index is 1040. The molecule has 4 fully saturated rings. The van der Waals surface area contributed by atoms with Gasteiger partial charge >= 0.3 is 5.97 Å². The fraction of sp³-hybridized carbons (Fsp3) is 0.548. The normalized spacial score (nSPS) is 26.5. The lowest BCUT2D eigenvalue weighted by atomic mass is 9.48. The molecule has 0 aliphatic heterocycles. The minimum absolute atomic E-state index is 0.254. The molecule has 0 radical (unpaired) electrons. The Balaban J connectivity index is 1.03. The van der Waals surface area contributed by atoms with Crippen LogP contribution in [0.5, 0.6) is 11.5 Å². The number of benzene rings is 2. The van der Waals surface area contributed by atoms with Crippen molar-refractivity contribution >= 4 is 11.9 Å². The average molecular weight is 506 g/mol. The lowest BCUT2D eigenvalue weighted by molar-refractivity contribution is -0.130. The number of hydrogen-bond donors (Lipinski definition) is 2. The number of carbonyl (C=O) groups excluding carboxylic acids is 2. The van der Waals surface area contributed by atoms with Crippen LogP contribution in [0.3, 0.4) is 0 Å². The highest BCUT2D eigenvalue weighted by Crippen LogP contribution is 2.61. The zero-order chi connectivity index (χ0) is 25.8. The summed E-state index contributed by atoms with van der Waals surface area (Å²) in [6.07, 6.45) is 9.51. The summed E-state index contributed by atoms with van der Waals surface area (Å²) >= 11 is 0. The number of amides is 1. The molecule has 1 amide bonds. The molecule has 4 aliphatic carbocycles. The molecule has 0 aromatic heterocycles. The van der Waals surface area contributed by atoms with Gasteiger partial charge in [0, 0.05) is 6.54 Å². The van der Waals surface area contributed by atoms with E-state index in [2.05, 4.69) is 5.32 Å². The van der Waals surface area contributed by atoms with Crippen LogP contribution >= 0.6 is 0 Å². The molecule has 37 heavy (non-hydrogen) atoms. The van der Waals surface area contributed by atoms with Gasteiger partial charge in [-0.2, -0.15) is 0 Å². The van der Waals surface area contributed by atoms with Crippen molar-refractivity contribution in [1.82, 2.24) is 5.32 Å². The molecule has 6 rings (SSSR count). The summed E-state index contributed by atoms with van der Waals surface area (Å²) in [4.78, 5) is 24.3. The van der Waals surface area contributed by atoms with Crippen molar-refractivity contribution in [2.75, 3.05) is 13.2 Å². The number of esters is 1. The van der Waals surface area contributed by atoms with Gasteiger partial charge in [0.25, 0.3) is 0 Å². The molecule has 2 N–H and O–H groups in total. The van der Waals surface area contributed by atoms with E-state index < -0.39 is 6.10 Å². The van der Waals surface area contributed by atoms with Crippen LogP contribution in [-0.2, 0) is 16.0 Å². The number of aliphatic hydroxyl groups excluding tert-OH is 1. The summed E-state index contributed by atoms with van der Waals surface area (Å²) in [6, 6.07) is 14.6. The van der Waals surface area contributed by atoms with E-state index in [4.69, 9.17) is 9.47 Å². The summed E-state index contributed by atoms with van der Waals surface area (Å²) in [6.45, 7) is 2.61. The monoisotopic (exact) mass is 505 g/mol. The van der Waals surface area contributed by atoms with Crippen molar-refractivity contribution in [2.45, 2.75) is 70.8 Å². The molecule has 0 spiro atoms. The van der Waals surface area contributed by atoms with Gasteiger partial charge in [-0.25, -0.2) is 4.79 Å². The second kappa shape index (κ2) is 11.3. The highest BCUT2D eigenvalue weighted by molar-refractivity contribution is 5.89. The van der Waals surface area contributed by atoms with Crippen LogP contribution < -0.4 is 10.1 Å². The Morgan fingerprint density at radius 1 is 0.946 bits per heavy atom. The molecule has 1 atom stereocenters. The number of nitrogens with one attached hydrogen (secondary N) is 1. The SMILES string of the molecule is CCOC(=O)c1ccc(Oc2ccc(CCNC(=O)C(O)CCC34CC5CC(CC(C5)C3)C4)cc2)cc1. The van der Waals surface area contributed by atoms with Crippen molar-refractivity contribution in [3.05, 3.63) is 59.7 Å². The molecule has 4 saturated carbocycles. The van der Waals surface area contributed by atoms with Crippen molar-refractivity contribution in [2.24, 2.45) is 23.2 Å². The van der Waals surface area contributed by atoms with Crippen LogP contribution in [0, 0.1) is 23.2 Å². The molecule has 6 nitrogen and oxygen atoms in total. The molecular formula is C31H39NO5. The fourth-order valence-electron chi connectivity index (χ4n) is 7.35. The molecule has 2 aromatic rings. The van der Waals surface area contributed by atoms with Crippen LogP contribution in [0.25, 0.3) is 0 Å². The van der Waals surface area contributed by atoms with Gasteiger partial charge in [0.2, 0.25) is 5.91 Å². The first kappa shape index (κ1) is 25.8. The van der Waals surface area contributed by atoms with E-state index in [0.717, 1.165) is 29.7 Å². The first-order valence-electron chi connectivity index (χ1n) is 13.9. The predicted octanol–water partition coefficient (Wildman–Crippen LogP) is 5.67. The largest absolute Gasteiger partial charge is 0.462 e. The summed E-state index contributed by atoms with van der Waals surface area (Å²) < 4.78 is 10.9. The highest BCUT2D eigenvalue weighted by Gasteiger charge is 2.50. The smallest absolute Gasteiger partial charge is 0.338 e. The van der Waals surface area contributed by atoms with Crippen LogP contribution in [-0.4, -0.2) is 36.2 Å². The third-order valence-electron chi connectivity index (χ3n) is 8.65.